The molecule has 0 saturated carbocycles. The number of guanidine groups is 1. The topological polar surface area (TPSA) is 95.9 Å². The van der Waals surface area contributed by atoms with E-state index in [2.05, 4.69) is 11.1 Å². The van der Waals surface area contributed by atoms with Crippen molar-refractivity contribution in [1.29, 1.82) is 10.5 Å². The zero-order chi connectivity index (χ0) is 18.2. The summed E-state index contributed by atoms with van der Waals surface area (Å²) in [7, 11) is 1.88. The third kappa shape index (κ3) is 2.88. The Morgan fingerprint density at radius 1 is 1.32 bits per heavy atom. The van der Waals surface area contributed by atoms with Crippen LogP contribution in [0.4, 0.5) is 0 Å². The standard InChI is InChI=1S/C18H21N5O2/c1-18(2)16(24)15(13-9-12(10-19)5-6-14(13)25-18)23-8-4-7-22(3)17(23)21-11-20/h5-6,9,15-16,24H,4,7-8H2,1-3H3. The van der Waals surface area contributed by atoms with E-state index in [0.717, 1.165) is 18.5 Å². The van der Waals surface area contributed by atoms with E-state index < -0.39 is 17.7 Å². The first kappa shape index (κ1) is 17.1. The largest absolute Gasteiger partial charge is 0.485 e. The molecule has 25 heavy (non-hydrogen) atoms. The Hall–Kier alpha value is -2.77. The normalized spacial score (nSPS) is 26.4. The molecule has 7 nitrogen and oxygen atoms in total. The molecule has 1 fully saturated rings. The summed E-state index contributed by atoms with van der Waals surface area (Å²) in [6, 6.07) is 6.91. The molecule has 0 aliphatic carbocycles. The van der Waals surface area contributed by atoms with Crippen LogP contribution < -0.4 is 4.74 Å². The maximum absolute atomic E-state index is 11.0. The molecular formula is C18H21N5O2. The van der Waals surface area contributed by atoms with Crippen LogP contribution in [0.15, 0.2) is 23.2 Å². The van der Waals surface area contributed by atoms with Crippen molar-refractivity contribution in [2.24, 2.45) is 4.99 Å². The van der Waals surface area contributed by atoms with Gasteiger partial charge in [0.1, 0.15) is 17.5 Å². The van der Waals surface area contributed by atoms with Crippen LogP contribution in [0, 0.1) is 22.8 Å². The van der Waals surface area contributed by atoms with E-state index in [-0.39, 0.29) is 0 Å². The van der Waals surface area contributed by atoms with Crippen molar-refractivity contribution >= 4 is 5.96 Å². The van der Waals surface area contributed by atoms with E-state index in [0.29, 0.717) is 23.8 Å². The van der Waals surface area contributed by atoms with E-state index >= 15 is 0 Å². The zero-order valence-electron chi connectivity index (χ0n) is 14.6. The molecule has 0 bridgehead atoms. The first-order valence-electron chi connectivity index (χ1n) is 8.24. The lowest BCUT2D eigenvalue weighted by Crippen LogP contribution is -2.58. The lowest BCUT2D eigenvalue weighted by Gasteiger charge is -2.49. The molecule has 1 aromatic carbocycles. The van der Waals surface area contributed by atoms with Crippen LogP contribution in [0.3, 0.4) is 0 Å². The lowest BCUT2D eigenvalue weighted by molar-refractivity contribution is -0.0846. The Balaban J connectivity index is 2.15. The number of nitrogens with zero attached hydrogens (tertiary/aromatic N) is 5. The fourth-order valence-electron chi connectivity index (χ4n) is 3.53. The van der Waals surface area contributed by atoms with Crippen molar-refractivity contribution in [1.82, 2.24) is 9.80 Å². The highest BCUT2D eigenvalue weighted by atomic mass is 16.5. The van der Waals surface area contributed by atoms with Gasteiger partial charge in [-0.3, -0.25) is 0 Å². The van der Waals surface area contributed by atoms with Gasteiger partial charge in [-0.15, -0.1) is 4.99 Å². The van der Waals surface area contributed by atoms with E-state index in [1.807, 2.05) is 36.9 Å². The van der Waals surface area contributed by atoms with Crippen LogP contribution in [-0.2, 0) is 0 Å². The molecule has 2 unspecified atom stereocenters. The number of aliphatic imine (C=N–C) groups is 1. The van der Waals surface area contributed by atoms with Crippen LogP contribution in [0.2, 0.25) is 0 Å². The second-order valence-corrected chi connectivity index (χ2v) is 6.94. The number of aliphatic hydroxyl groups excluding tert-OH is 1. The van der Waals surface area contributed by atoms with Gasteiger partial charge in [0.2, 0.25) is 12.2 Å². The molecule has 2 atom stereocenters. The van der Waals surface area contributed by atoms with Gasteiger partial charge in [0.15, 0.2) is 0 Å². The van der Waals surface area contributed by atoms with Crippen LogP contribution in [0.25, 0.3) is 0 Å². The summed E-state index contributed by atoms with van der Waals surface area (Å²) in [5.41, 5.74) is 0.440. The minimum Gasteiger partial charge on any atom is -0.485 e. The Bertz CT molecular complexity index is 790. The Kier molecular flexibility index (Phi) is 4.28. The number of hydrogen-bond acceptors (Lipinski definition) is 5. The maximum Gasteiger partial charge on any atom is 0.212 e. The zero-order valence-corrected chi connectivity index (χ0v) is 14.6. The third-order valence-electron chi connectivity index (χ3n) is 4.82. The average Bonchev–Trinajstić information content (AvgIpc) is 2.58. The van der Waals surface area contributed by atoms with E-state index in [4.69, 9.17) is 10.00 Å². The van der Waals surface area contributed by atoms with Crippen molar-refractivity contribution in [3.63, 3.8) is 0 Å². The molecule has 0 radical (unpaired) electrons. The van der Waals surface area contributed by atoms with Crippen molar-refractivity contribution < 1.29 is 9.84 Å². The first-order chi connectivity index (χ1) is 11.9. The molecular weight excluding hydrogens is 318 g/mol. The molecule has 130 valence electrons. The van der Waals surface area contributed by atoms with Gasteiger partial charge in [-0.1, -0.05) is 0 Å². The second-order valence-electron chi connectivity index (χ2n) is 6.94. The molecule has 7 heteroatoms. The second kappa shape index (κ2) is 6.27. The summed E-state index contributed by atoms with van der Waals surface area (Å²) >= 11 is 0. The van der Waals surface area contributed by atoms with Gasteiger partial charge >= 0.3 is 0 Å². The monoisotopic (exact) mass is 339 g/mol. The van der Waals surface area contributed by atoms with Crippen LogP contribution in [0.1, 0.15) is 37.4 Å². The predicted molar refractivity (Wildman–Crippen MR) is 91.6 cm³/mol. The molecule has 1 N–H and O–H groups in total. The Labute approximate surface area is 147 Å². The Morgan fingerprint density at radius 3 is 2.76 bits per heavy atom. The summed E-state index contributed by atoms with van der Waals surface area (Å²) in [6.07, 6.45) is 1.90. The van der Waals surface area contributed by atoms with Gasteiger partial charge in [0.25, 0.3) is 0 Å². The number of nitriles is 2. The summed E-state index contributed by atoms with van der Waals surface area (Å²) < 4.78 is 5.97. The van der Waals surface area contributed by atoms with Crippen LogP contribution in [-0.4, -0.2) is 52.7 Å². The summed E-state index contributed by atoms with van der Waals surface area (Å²) in [5.74, 6) is 1.17. The van der Waals surface area contributed by atoms with Crippen LogP contribution in [0.5, 0.6) is 5.75 Å². The smallest absolute Gasteiger partial charge is 0.212 e. The van der Waals surface area contributed by atoms with E-state index in [1.165, 1.54) is 0 Å². The predicted octanol–water partition coefficient (Wildman–Crippen LogP) is 1.61. The number of benzene rings is 1. The SMILES string of the molecule is CN1CCCN(C2c3cc(C#N)ccc3OC(C)(C)C2O)C1=NC#N. The molecule has 2 aliphatic rings. The summed E-state index contributed by atoms with van der Waals surface area (Å²) in [4.78, 5) is 7.83. The lowest BCUT2D eigenvalue weighted by atomic mass is 9.84. The highest BCUT2D eigenvalue weighted by molar-refractivity contribution is 5.82. The number of rotatable bonds is 1. The van der Waals surface area contributed by atoms with Gasteiger partial charge in [-0.25, -0.2) is 0 Å². The molecule has 1 saturated heterocycles. The molecule has 0 aromatic heterocycles. The van der Waals surface area contributed by atoms with Gasteiger partial charge < -0.3 is 19.6 Å². The third-order valence-corrected chi connectivity index (χ3v) is 4.82. The van der Waals surface area contributed by atoms with Crippen molar-refractivity contribution in [3.05, 3.63) is 29.3 Å². The van der Waals surface area contributed by atoms with Crippen molar-refractivity contribution in [2.75, 3.05) is 20.1 Å². The van der Waals surface area contributed by atoms with Crippen molar-refractivity contribution in [2.45, 2.75) is 38.0 Å². The highest BCUT2D eigenvalue weighted by Gasteiger charge is 2.47. The summed E-state index contributed by atoms with van der Waals surface area (Å²) in [5, 5.41) is 29.3. The van der Waals surface area contributed by atoms with Gasteiger partial charge in [0, 0.05) is 25.7 Å². The Morgan fingerprint density at radius 2 is 2.08 bits per heavy atom. The number of hydrogen-bond donors (Lipinski definition) is 1. The van der Waals surface area contributed by atoms with Gasteiger partial charge in [-0.05, 0) is 38.5 Å². The van der Waals surface area contributed by atoms with E-state index in [9.17, 15) is 10.4 Å². The molecule has 1 aromatic rings. The number of ether oxygens (including phenoxy) is 1. The molecule has 2 aliphatic heterocycles. The number of aliphatic hydroxyl groups is 1. The average molecular weight is 339 g/mol. The van der Waals surface area contributed by atoms with Gasteiger partial charge in [0.05, 0.1) is 17.7 Å². The first-order valence-corrected chi connectivity index (χ1v) is 8.24. The fourth-order valence-corrected chi connectivity index (χ4v) is 3.53. The van der Waals surface area contributed by atoms with Gasteiger partial charge in [-0.2, -0.15) is 10.5 Å². The minimum absolute atomic E-state index is 0.443. The highest BCUT2D eigenvalue weighted by Crippen LogP contribution is 2.44. The van der Waals surface area contributed by atoms with Crippen LogP contribution >= 0.6 is 0 Å². The van der Waals surface area contributed by atoms with Crippen molar-refractivity contribution in [3.8, 4) is 18.0 Å². The quantitative estimate of drug-likeness (QED) is 0.781. The fraction of sp³-hybridized carbons (Fsp3) is 0.500. The molecule has 2 heterocycles. The number of fused-ring (bicyclic) bond motifs is 1. The molecule has 0 amide bonds. The maximum atomic E-state index is 11.0. The molecule has 3 rings (SSSR count). The van der Waals surface area contributed by atoms with E-state index in [1.54, 1.807) is 18.2 Å². The molecule has 0 spiro atoms. The minimum atomic E-state index is -0.843. The summed E-state index contributed by atoms with van der Waals surface area (Å²) in [6.45, 7) is 5.13.